The summed E-state index contributed by atoms with van der Waals surface area (Å²) in [5.74, 6) is 0.895. The number of amides is 2. The molecule has 23 heavy (non-hydrogen) atoms. The van der Waals surface area contributed by atoms with E-state index in [1.54, 1.807) is 7.11 Å². The molecule has 122 valence electrons. The van der Waals surface area contributed by atoms with Gasteiger partial charge in [-0.2, -0.15) is 5.10 Å². The molecule has 2 aromatic rings. The highest BCUT2D eigenvalue weighted by Gasteiger charge is 2.19. The normalized spacial score (nSPS) is 15.8. The fraction of sp³-hybridized carbons (Fsp3) is 0.375. The summed E-state index contributed by atoms with van der Waals surface area (Å²) in [6.45, 7) is 2.84. The third-order valence-electron chi connectivity index (χ3n) is 3.57. The zero-order chi connectivity index (χ0) is 16.2. The van der Waals surface area contributed by atoms with E-state index >= 15 is 0 Å². The molecule has 7 heteroatoms. The molecule has 1 aromatic heterocycles. The molecule has 0 saturated heterocycles. The van der Waals surface area contributed by atoms with Crippen LogP contribution >= 0.6 is 0 Å². The van der Waals surface area contributed by atoms with Crippen LogP contribution in [-0.2, 0) is 24.3 Å². The SMILES string of the molecule is COCc1cc(CNC(=O)Nc2ccc3c(c2)C[C@H](C)O3)[nH]n1. The predicted octanol–water partition coefficient (Wildman–Crippen LogP) is 2.20. The molecular weight excluding hydrogens is 296 g/mol. The van der Waals surface area contributed by atoms with Gasteiger partial charge in [-0.05, 0) is 36.8 Å². The van der Waals surface area contributed by atoms with Crippen LogP contribution in [0.3, 0.4) is 0 Å². The van der Waals surface area contributed by atoms with Crippen molar-refractivity contribution >= 4 is 11.7 Å². The highest BCUT2D eigenvalue weighted by molar-refractivity contribution is 5.89. The zero-order valence-electron chi connectivity index (χ0n) is 13.2. The maximum absolute atomic E-state index is 12.0. The van der Waals surface area contributed by atoms with Crippen LogP contribution in [0.1, 0.15) is 23.9 Å². The first-order chi connectivity index (χ1) is 11.1. The Morgan fingerprint density at radius 3 is 3.17 bits per heavy atom. The number of H-pyrrole nitrogens is 1. The van der Waals surface area contributed by atoms with Crippen LogP contribution in [0.25, 0.3) is 0 Å². The lowest BCUT2D eigenvalue weighted by Crippen LogP contribution is -2.28. The first-order valence-corrected chi connectivity index (χ1v) is 7.50. The van der Waals surface area contributed by atoms with Crippen LogP contribution in [0.2, 0.25) is 0 Å². The summed E-state index contributed by atoms with van der Waals surface area (Å²) < 4.78 is 10.6. The summed E-state index contributed by atoms with van der Waals surface area (Å²) in [6.07, 6.45) is 1.05. The Kier molecular flexibility index (Phi) is 4.47. The van der Waals surface area contributed by atoms with E-state index in [4.69, 9.17) is 9.47 Å². The standard InChI is InChI=1S/C16H20N4O3/c1-10-5-11-6-12(3-4-15(11)23-10)18-16(21)17-8-13-7-14(9-22-2)20-19-13/h3-4,6-7,10H,5,8-9H2,1-2H3,(H,19,20)(H2,17,18,21)/t10-/m0/s1. The number of fused-ring (bicyclic) bond motifs is 1. The molecule has 0 spiro atoms. The molecule has 1 aliphatic heterocycles. The first kappa shape index (κ1) is 15.4. The van der Waals surface area contributed by atoms with E-state index in [0.717, 1.165) is 34.8 Å². The van der Waals surface area contributed by atoms with Gasteiger partial charge in [-0.25, -0.2) is 4.79 Å². The Labute approximate surface area is 134 Å². The predicted molar refractivity (Wildman–Crippen MR) is 85.4 cm³/mol. The minimum atomic E-state index is -0.264. The van der Waals surface area contributed by atoms with Crippen molar-refractivity contribution in [2.45, 2.75) is 32.6 Å². The van der Waals surface area contributed by atoms with Gasteiger partial charge in [-0.15, -0.1) is 0 Å². The Bertz CT molecular complexity index is 698. The first-order valence-electron chi connectivity index (χ1n) is 7.50. The highest BCUT2D eigenvalue weighted by atomic mass is 16.5. The summed E-state index contributed by atoms with van der Waals surface area (Å²) in [5, 5.41) is 12.5. The lowest BCUT2D eigenvalue weighted by Gasteiger charge is -2.08. The Morgan fingerprint density at radius 2 is 2.35 bits per heavy atom. The molecule has 0 saturated carbocycles. The lowest BCUT2D eigenvalue weighted by molar-refractivity contribution is 0.181. The number of nitrogens with one attached hydrogen (secondary N) is 3. The van der Waals surface area contributed by atoms with Gasteiger partial charge in [0.2, 0.25) is 0 Å². The number of hydrogen-bond donors (Lipinski definition) is 3. The Morgan fingerprint density at radius 1 is 1.48 bits per heavy atom. The van der Waals surface area contributed by atoms with Crippen LogP contribution in [0, 0.1) is 0 Å². The van der Waals surface area contributed by atoms with E-state index in [1.807, 2.05) is 31.2 Å². The van der Waals surface area contributed by atoms with E-state index in [9.17, 15) is 4.79 Å². The second-order valence-corrected chi connectivity index (χ2v) is 5.58. The van der Waals surface area contributed by atoms with E-state index in [2.05, 4.69) is 20.8 Å². The molecule has 1 aliphatic rings. The molecule has 0 radical (unpaired) electrons. The minimum absolute atomic E-state index is 0.191. The van der Waals surface area contributed by atoms with Crippen LogP contribution in [0.4, 0.5) is 10.5 Å². The molecule has 0 fully saturated rings. The van der Waals surface area contributed by atoms with Crippen LogP contribution in [-0.4, -0.2) is 29.4 Å². The van der Waals surface area contributed by atoms with Crippen molar-refractivity contribution in [1.82, 2.24) is 15.5 Å². The van der Waals surface area contributed by atoms with Gasteiger partial charge in [-0.3, -0.25) is 5.10 Å². The van der Waals surface area contributed by atoms with Gasteiger partial charge in [0, 0.05) is 19.2 Å². The van der Waals surface area contributed by atoms with Gasteiger partial charge in [0.25, 0.3) is 0 Å². The van der Waals surface area contributed by atoms with Crippen molar-refractivity contribution in [3.05, 3.63) is 41.2 Å². The molecule has 3 N–H and O–H groups in total. The molecule has 0 aliphatic carbocycles. The number of benzene rings is 1. The number of nitrogens with zero attached hydrogens (tertiary/aromatic N) is 1. The van der Waals surface area contributed by atoms with Crippen molar-refractivity contribution < 1.29 is 14.3 Å². The summed E-state index contributed by atoms with van der Waals surface area (Å²) in [6, 6.07) is 7.27. The largest absolute Gasteiger partial charge is 0.490 e. The van der Waals surface area contributed by atoms with Crippen LogP contribution < -0.4 is 15.4 Å². The molecule has 3 rings (SSSR count). The number of ether oxygens (including phenoxy) is 2. The smallest absolute Gasteiger partial charge is 0.319 e. The quantitative estimate of drug-likeness (QED) is 0.789. The number of methoxy groups -OCH3 is 1. The van der Waals surface area contributed by atoms with Gasteiger partial charge in [0.1, 0.15) is 11.9 Å². The topological polar surface area (TPSA) is 88.3 Å². The Balaban J connectivity index is 1.52. The average Bonchev–Trinajstić information content (AvgIpc) is 3.10. The monoisotopic (exact) mass is 316 g/mol. The number of urea groups is 1. The number of carbonyl (C=O) groups is 1. The van der Waals surface area contributed by atoms with Crippen molar-refractivity contribution in [1.29, 1.82) is 0 Å². The second-order valence-electron chi connectivity index (χ2n) is 5.58. The molecule has 2 amide bonds. The maximum Gasteiger partial charge on any atom is 0.319 e. The van der Waals surface area contributed by atoms with E-state index in [-0.39, 0.29) is 12.1 Å². The van der Waals surface area contributed by atoms with Crippen LogP contribution in [0.5, 0.6) is 5.75 Å². The van der Waals surface area contributed by atoms with Crippen molar-refractivity contribution in [3.8, 4) is 5.75 Å². The summed E-state index contributed by atoms with van der Waals surface area (Å²) >= 11 is 0. The Hall–Kier alpha value is -2.54. The van der Waals surface area contributed by atoms with Crippen LogP contribution in [0.15, 0.2) is 24.3 Å². The van der Waals surface area contributed by atoms with Gasteiger partial charge < -0.3 is 20.1 Å². The summed E-state index contributed by atoms with van der Waals surface area (Å²) in [5.41, 5.74) is 3.50. The lowest BCUT2D eigenvalue weighted by atomic mass is 10.1. The number of aromatic nitrogens is 2. The van der Waals surface area contributed by atoms with E-state index < -0.39 is 0 Å². The highest BCUT2D eigenvalue weighted by Crippen LogP contribution is 2.30. The van der Waals surface area contributed by atoms with Crippen molar-refractivity contribution in [3.63, 3.8) is 0 Å². The zero-order valence-corrected chi connectivity index (χ0v) is 13.2. The molecule has 1 aromatic carbocycles. The fourth-order valence-electron chi connectivity index (χ4n) is 2.57. The average molecular weight is 316 g/mol. The van der Waals surface area contributed by atoms with Gasteiger partial charge in [-0.1, -0.05) is 0 Å². The van der Waals surface area contributed by atoms with Gasteiger partial charge in [0.15, 0.2) is 0 Å². The number of carbonyl (C=O) groups excluding carboxylic acids is 1. The maximum atomic E-state index is 12.0. The fourth-order valence-corrected chi connectivity index (χ4v) is 2.57. The minimum Gasteiger partial charge on any atom is -0.490 e. The molecular formula is C16H20N4O3. The summed E-state index contributed by atoms with van der Waals surface area (Å²) in [7, 11) is 1.61. The molecule has 0 unspecified atom stereocenters. The third-order valence-corrected chi connectivity index (χ3v) is 3.57. The van der Waals surface area contributed by atoms with Gasteiger partial charge in [0.05, 0.1) is 24.5 Å². The second kappa shape index (κ2) is 6.70. The number of rotatable bonds is 5. The van der Waals surface area contributed by atoms with Crippen molar-refractivity contribution in [2.24, 2.45) is 0 Å². The molecule has 0 bridgehead atoms. The van der Waals surface area contributed by atoms with Gasteiger partial charge >= 0.3 is 6.03 Å². The molecule has 1 atom stereocenters. The number of anilines is 1. The number of hydrogen-bond acceptors (Lipinski definition) is 4. The molecule has 2 heterocycles. The summed E-state index contributed by atoms with van der Waals surface area (Å²) in [4.78, 5) is 12.0. The molecule has 7 nitrogen and oxygen atoms in total. The number of aromatic amines is 1. The van der Waals surface area contributed by atoms with Crippen molar-refractivity contribution in [2.75, 3.05) is 12.4 Å². The van der Waals surface area contributed by atoms with E-state index in [0.29, 0.717) is 13.2 Å². The third kappa shape index (κ3) is 3.81. The van der Waals surface area contributed by atoms with E-state index in [1.165, 1.54) is 0 Å².